The number of hydrogen-bond donors (Lipinski definition) is 2. The Kier molecular flexibility index (Phi) is 3.43. The minimum atomic E-state index is -0.333. The van der Waals surface area contributed by atoms with Crippen LogP contribution in [0.1, 0.15) is 13.3 Å². The Morgan fingerprint density at radius 3 is 2.44 bits per heavy atom. The molecular formula is C5H10N2O2. The first-order valence-corrected chi connectivity index (χ1v) is 2.69. The van der Waals surface area contributed by atoms with Crippen molar-refractivity contribution < 1.29 is 10.0 Å². The van der Waals surface area contributed by atoms with Crippen LogP contribution in [0.25, 0.3) is 0 Å². The number of amides is 1. The van der Waals surface area contributed by atoms with Crippen molar-refractivity contribution in [1.82, 2.24) is 5.32 Å². The summed E-state index contributed by atoms with van der Waals surface area (Å²) in [7, 11) is 1.49. The van der Waals surface area contributed by atoms with Gasteiger partial charge >= 0.3 is 0 Å². The van der Waals surface area contributed by atoms with Crippen LogP contribution in [0.3, 0.4) is 0 Å². The smallest absolute Gasteiger partial charge is 0.268 e. The van der Waals surface area contributed by atoms with Crippen LogP contribution in [0.4, 0.5) is 0 Å². The van der Waals surface area contributed by atoms with Gasteiger partial charge in [-0.2, -0.15) is 0 Å². The van der Waals surface area contributed by atoms with E-state index in [2.05, 4.69) is 10.5 Å². The fraction of sp³-hybridized carbons (Fsp3) is 0.600. The fourth-order valence-electron chi connectivity index (χ4n) is 0.421. The normalized spacial score (nSPS) is 11.1. The molecule has 0 aromatic rings. The summed E-state index contributed by atoms with van der Waals surface area (Å²) in [6, 6.07) is 0. The Bertz CT molecular complexity index is 131. The van der Waals surface area contributed by atoms with Crippen LogP contribution in [-0.2, 0) is 4.79 Å². The number of nitrogens with one attached hydrogen (secondary N) is 1. The van der Waals surface area contributed by atoms with Gasteiger partial charge in [0.05, 0.1) is 0 Å². The van der Waals surface area contributed by atoms with Crippen molar-refractivity contribution in [2.45, 2.75) is 13.3 Å². The van der Waals surface area contributed by atoms with E-state index < -0.39 is 0 Å². The highest BCUT2D eigenvalue weighted by atomic mass is 16.4. The molecule has 0 unspecified atom stereocenters. The minimum absolute atomic E-state index is 0.150. The quantitative estimate of drug-likeness (QED) is 0.313. The zero-order valence-electron chi connectivity index (χ0n) is 5.51. The Labute approximate surface area is 53.6 Å². The van der Waals surface area contributed by atoms with Crippen molar-refractivity contribution in [3.63, 3.8) is 0 Å². The summed E-state index contributed by atoms with van der Waals surface area (Å²) in [4.78, 5) is 10.6. The predicted molar refractivity (Wildman–Crippen MR) is 33.6 cm³/mol. The molecule has 0 fully saturated rings. The number of nitrogens with zero attached hydrogens (tertiary/aromatic N) is 1. The third-order valence-electron chi connectivity index (χ3n) is 0.945. The van der Waals surface area contributed by atoms with Gasteiger partial charge in [0.25, 0.3) is 5.91 Å². The van der Waals surface area contributed by atoms with Gasteiger partial charge in [-0.25, -0.2) is 0 Å². The highest BCUT2D eigenvalue weighted by Crippen LogP contribution is 1.82. The molecule has 4 heteroatoms. The van der Waals surface area contributed by atoms with E-state index in [-0.39, 0.29) is 11.6 Å². The molecule has 0 atom stereocenters. The van der Waals surface area contributed by atoms with Gasteiger partial charge in [0.1, 0.15) is 5.71 Å². The van der Waals surface area contributed by atoms with E-state index in [0.717, 1.165) is 0 Å². The Morgan fingerprint density at radius 1 is 1.78 bits per heavy atom. The molecular weight excluding hydrogens is 120 g/mol. The van der Waals surface area contributed by atoms with E-state index in [1.54, 1.807) is 6.92 Å². The molecule has 4 nitrogen and oxygen atoms in total. The van der Waals surface area contributed by atoms with Gasteiger partial charge in [0.2, 0.25) is 0 Å². The molecule has 0 saturated carbocycles. The van der Waals surface area contributed by atoms with Crippen molar-refractivity contribution in [3.05, 3.63) is 0 Å². The summed E-state index contributed by atoms with van der Waals surface area (Å²) in [5.41, 5.74) is 0.150. The van der Waals surface area contributed by atoms with Crippen molar-refractivity contribution in [1.29, 1.82) is 0 Å². The molecule has 1 amide bonds. The van der Waals surface area contributed by atoms with Gasteiger partial charge in [0.15, 0.2) is 0 Å². The summed E-state index contributed by atoms with van der Waals surface area (Å²) < 4.78 is 0. The lowest BCUT2D eigenvalue weighted by atomic mass is 10.3. The first-order chi connectivity index (χ1) is 4.26. The van der Waals surface area contributed by atoms with Crippen LogP contribution in [0, 0.1) is 0 Å². The van der Waals surface area contributed by atoms with Gasteiger partial charge in [-0.3, -0.25) is 4.79 Å². The number of rotatable bonds is 2. The second kappa shape index (κ2) is 3.88. The molecule has 2 N–H and O–H groups in total. The van der Waals surface area contributed by atoms with Crippen LogP contribution in [0.2, 0.25) is 0 Å². The summed E-state index contributed by atoms with van der Waals surface area (Å²) >= 11 is 0. The van der Waals surface area contributed by atoms with Crippen LogP contribution < -0.4 is 5.32 Å². The maximum Gasteiger partial charge on any atom is 0.268 e. The molecule has 0 aliphatic heterocycles. The summed E-state index contributed by atoms with van der Waals surface area (Å²) in [6.45, 7) is 1.74. The third-order valence-corrected chi connectivity index (χ3v) is 0.945. The van der Waals surface area contributed by atoms with Crippen molar-refractivity contribution in [3.8, 4) is 0 Å². The number of carbonyl (C=O) groups is 1. The number of oxime groups is 1. The summed E-state index contributed by atoms with van der Waals surface area (Å²) in [5.74, 6) is -0.333. The van der Waals surface area contributed by atoms with E-state index in [1.165, 1.54) is 7.05 Å². The number of carbonyl (C=O) groups excluding carboxylic acids is 1. The third kappa shape index (κ3) is 2.12. The van der Waals surface area contributed by atoms with E-state index >= 15 is 0 Å². The molecule has 0 aliphatic carbocycles. The zero-order valence-corrected chi connectivity index (χ0v) is 5.51. The van der Waals surface area contributed by atoms with Crippen LogP contribution in [0.5, 0.6) is 0 Å². The van der Waals surface area contributed by atoms with E-state index in [4.69, 9.17) is 5.21 Å². The van der Waals surface area contributed by atoms with Crippen molar-refractivity contribution in [2.24, 2.45) is 5.16 Å². The van der Waals surface area contributed by atoms with Crippen LogP contribution >= 0.6 is 0 Å². The van der Waals surface area contributed by atoms with Crippen molar-refractivity contribution in [2.75, 3.05) is 7.05 Å². The average Bonchev–Trinajstić information content (AvgIpc) is 1.90. The molecule has 52 valence electrons. The molecule has 0 rings (SSSR count). The lowest BCUT2D eigenvalue weighted by Gasteiger charge is -1.95. The molecule has 9 heavy (non-hydrogen) atoms. The molecule has 0 radical (unpaired) electrons. The molecule has 0 heterocycles. The summed E-state index contributed by atoms with van der Waals surface area (Å²) in [6.07, 6.45) is 0.441. The van der Waals surface area contributed by atoms with Gasteiger partial charge in [0, 0.05) is 7.05 Å². The summed E-state index contributed by atoms with van der Waals surface area (Å²) in [5, 5.41) is 13.3. The highest BCUT2D eigenvalue weighted by Gasteiger charge is 2.04. The first kappa shape index (κ1) is 7.94. The molecule has 0 saturated heterocycles. The predicted octanol–water partition coefficient (Wildman–Crippen LogP) is -0.0274. The minimum Gasteiger partial charge on any atom is -0.410 e. The van der Waals surface area contributed by atoms with Crippen molar-refractivity contribution >= 4 is 11.6 Å². The maximum absolute atomic E-state index is 10.6. The molecule has 0 aliphatic rings. The van der Waals surface area contributed by atoms with Gasteiger partial charge in [-0.15, -0.1) is 0 Å². The fourth-order valence-corrected chi connectivity index (χ4v) is 0.421. The standard InChI is InChI=1S/C5H10N2O2/c1-3-4(7-9)5(8)6-2/h9H,3H2,1-2H3,(H,6,8)/b7-4+. The SMILES string of the molecule is CC/C(=N\O)C(=O)NC. The maximum atomic E-state index is 10.6. The lowest BCUT2D eigenvalue weighted by Crippen LogP contribution is -2.26. The monoisotopic (exact) mass is 130 g/mol. The molecule has 0 bridgehead atoms. The van der Waals surface area contributed by atoms with Crippen LogP contribution in [0.15, 0.2) is 5.16 Å². The molecule has 0 aromatic carbocycles. The lowest BCUT2D eigenvalue weighted by molar-refractivity contribution is -0.114. The highest BCUT2D eigenvalue weighted by molar-refractivity contribution is 6.38. The molecule has 0 aromatic heterocycles. The van der Waals surface area contributed by atoms with E-state index in [9.17, 15) is 4.79 Å². The van der Waals surface area contributed by atoms with E-state index in [1.807, 2.05) is 0 Å². The van der Waals surface area contributed by atoms with E-state index in [0.29, 0.717) is 6.42 Å². The average molecular weight is 130 g/mol. The second-order valence-corrected chi connectivity index (χ2v) is 1.48. The Morgan fingerprint density at radius 2 is 2.33 bits per heavy atom. The zero-order chi connectivity index (χ0) is 7.28. The topological polar surface area (TPSA) is 61.7 Å². The van der Waals surface area contributed by atoms with Gasteiger partial charge in [-0.05, 0) is 6.42 Å². The Hall–Kier alpha value is -1.06. The molecule has 0 spiro atoms. The first-order valence-electron chi connectivity index (χ1n) is 2.69. The van der Waals surface area contributed by atoms with Gasteiger partial charge in [-0.1, -0.05) is 12.1 Å². The Balaban J connectivity index is 3.97. The largest absolute Gasteiger partial charge is 0.410 e. The van der Waals surface area contributed by atoms with Crippen LogP contribution in [-0.4, -0.2) is 23.9 Å². The van der Waals surface area contributed by atoms with Gasteiger partial charge < -0.3 is 10.5 Å². The second-order valence-electron chi connectivity index (χ2n) is 1.48. The number of hydrogen-bond acceptors (Lipinski definition) is 3.